The number of anilines is 1. The van der Waals surface area contributed by atoms with Gasteiger partial charge in [-0.15, -0.1) is 0 Å². The van der Waals surface area contributed by atoms with Crippen molar-refractivity contribution in [1.82, 2.24) is 0 Å². The first-order valence-electron chi connectivity index (χ1n) is 8.30. The molecule has 0 aliphatic carbocycles. The molecule has 1 fully saturated rings. The number of carbonyl (C=O) groups is 1. The average Bonchev–Trinajstić information content (AvgIpc) is 2.62. The number of quaternary nitrogens is 1. The Hall–Kier alpha value is -2.87. The maximum Gasteiger partial charge on any atom is 0.227 e. The molecule has 1 saturated heterocycles. The van der Waals surface area contributed by atoms with Crippen LogP contribution in [0.25, 0.3) is 0 Å². The van der Waals surface area contributed by atoms with Gasteiger partial charge in [0.2, 0.25) is 11.2 Å². The molecule has 0 saturated carbocycles. The number of benzene rings is 1. The summed E-state index contributed by atoms with van der Waals surface area (Å²) in [6.07, 6.45) is 1.12. The summed E-state index contributed by atoms with van der Waals surface area (Å²) < 4.78 is 24.0. The zero-order valence-corrected chi connectivity index (χ0v) is 14.1. The number of para-hydroxylation sites is 1. The van der Waals surface area contributed by atoms with Crippen LogP contribution in [0.1, 0.15) is 5.76 Å². The Morgan fingerprint density at radius 2 is 2.04 bits per heavy atom. The van der Waals surface area contributed by atoms with Gasteiger partial charge in [-0.2, -0.15) is 0 Å². The highest BCUT2D eigenvalue weighted by Crippen LogP contribution is 2.18. The maximum absolute atomic E-state index is 13.9. The number of ether oxygens (including phenoxy) is 1. The lowest BCUT2D eigenvalue weighted by atomic mass is 10.2. The minimum atomic E-state index is -1.41. The summed E-state index contributed by atoms with van der Waals surface area (Å²) in [7, 11) is 0. The molecule has 0 amide bonds. The third kappa shape index (κ3) is 4.40. The SMILES string of the molecule is O=C([O-])COc1coc(C[NH+]2CCN(c3ccccc3F)CC2)cc1=O. The molecule has 7 nitrogen and oxygen atoms in total. The monoisotopic (exact) mass is 362 g/mol. The van der Waals surface area contributed by atoms with E-state index in [2.05, 4.69) is 0 Å². The lowest BCUT2D eigenvalue weighted by molar-refractivity contribution is -0.915. The molecule has 2 heterocycles. The molecular weight excluding hydrogens is 343 g/mol. The van der Waals surface area contributed by atoms with E-state index in [9.17, 15) is 19.1 Å². The van der Waals surface area contributed by atoms with Gasteiger partial charge in [-0.1, -0.05) is 12.1 Å². The molecule has 1 aromatic heterocycles. The number of carboxylic acids is 1. The lowest BCUT2D eigenvalue weighted by Crippen LogP contribution is -3.13. The Kier molecular flexibility index (Phi) is 5.52. The Balaban J connectivity index is 1.56. The van der Waals surface area contributed by atoms with E-state index in [1.807, 2.05) is 11.0 Å². The molecule has 1 aromatic carbocycles. The van der Waals surface area contributed by atoms with Crippen molar-refractivity contribution in [1.29, 1.82) is 0 Å². The number of carbonyl (C=O) groups excluding carboxylic acids is 1. The van der Waals surface area contributed by atoms with Gasteiger partial charge in [0.15, 0.2) is 5.76 Å². The minimum absolute atomic E-state index is 0.155. The first kappa shape index (κ1) is 17.9. The Morgan fingerprint density at radius 3 is 2.69 bits per heavy atom. The predicted molar refractivity (Wildman–Crippen MR) is 88.5 cm³/mol. The summed E-state index contributed by atoms with van der Waals surface area (Å²) in [4.78, 5) is 25.5. The molecule has 0 spiro atoms. The van der Waals surface area contributed by atoms with E-state index in [1.54, 1.807) is 12.1 Å². The standard InChI is InChI=1S/C18H19FN2O5/c19-14-3-1-2-4-15(14)21-7-5-20(6-8-21)10-13-9-16(22)17(11-25-13)26-12-18(23)24/h1-4,9,11H,5-8,10,12H2,(H,23,24). The quantitative estimate of drug-likeness (QED) is 0.696. The number of carboxylic acid groups (broad SMARTS) is 1. The number of piperazine rings is 1. The summed E-state index contributed by atoms with van der Waals surface area (Å²) in [5, 5.41) is 10.4. The lowest BCUT2D eigenvalue weighted by Gasteiger charge is -2.33. The van der Waals surface area contributed by atoms with Gasteiger partial charge in [-0.25, -0.2) is 4.39 Å². The van der Waals surface area contributed by atoms with Crippen LogP contribution in [0.4, 0.5) is 10.1 Å². The van der Waals surface area contributed by atoms with Crippen molar-refractivity contribution < 1.29 is 28.3 Å². The molecule has 26 heavy (non-hydrogen) atoms. The third-order valence-electron chi connectivity index (χ3n) is 4.29. The number of nitrogens with one attached hydrogen (secondary N) is 1. The first-order chi connectivity index (χ1) is 12.5. The number of halogens is 1. The highest BCUT2D eigenvalue weighted by Gasteiger charge is 2.23. The summed E-state index contributed by atoms with van der Waals surface area (Å²) in [6, 6.07) is 8.01. The largest absolute Gasteiger partial charge is 0.546 e. The van der Waals surface area contributed by atoms with Gasteiger partial charge >= 0.3 is 0 Å². The van der Waals surface area contributed by atoms with E-state index in [4.69, 9.17) is 9.15 Å². The molecule has 0 atom stereocenters. The van der Waals surface area contributed by atoms with Crippen molar-refractivity contribution in [3.8, 4) is 5.75 Å². The fourth-order valence-corrected chi connectivity index (χ4v) is 2.97. The van der Waals surface area contributed by atoms with E-state index in [-0.39, 0.29) is 11.6 Å². The van der Waals surface area contributed by atoms with E-state index in [0.717, 1.165) is 19.4 Å². The molecule has 1 aliphatic rings. The van der Waals surface area contributed by atoms with Crippen molar-refractivity contribution in [3.05, 3.63) is 58.4 Å². The molecule has 0 bridgehead atoms. The molecule has 0 radical (unpaired) electrons. The zero-order chi connectivity index (χ0) is 18.5. The number of aliphatic carboxylic acids is 1. The second kappa shape index (κ2) is 8.01. The Bertz CT molecular complexity index is 830. The Morgan fingerprint density at radius 1 is 1.31 bits per heavy atom. The molecule has 0 unspecified atom stereocenters. The molecular formula is C18H19FN2O5. The summed E-state index contributed by atoms with van der Waals surface area (Å²) >= 11 is 0. The normalized spacial score (nSPS) is 15.0. The molecule has 1 aliphatic heterocycles. The summed E-state index contributed by atoms with van der Waals surface area (Å²) in [5.74, 6) is -1.30. The smallest absolute Gasteiger partial charge is 0.227 e. The van der Waals surface area contributed by atoms with Crippen LogP contribution in [-0.2, 0) is 11.3 Å². The summed E-state index contributed by atoms with van der Waals surface area (Å²) in [5.41, 5.74) is 0.171. The van der Waals surface area contributed by atoms with E-state index < -0.39 is 18.0 Å². The minimum Gasteiger partial charge on any atom is -0.546 e. The van der Waals surface area contributed by atoms with Gasteiger partial charge in [-0.05, 0) is 12.1 Å². The Labute approximate surface area is 149 Å². The molecule has 2 aromatic rings. The zero-order valence-electron chi connectivity index (χ0n) is 14.1. The second-order valence-electron chi connectivity index (χ2n) is 6.10. The van der Waals surface area contributed by atoms with Gasteiger partial charge in [0.25, 0.3) is 0 Å². The van der Waals surface area contributed by atoms with Crippen LogP contribution in [-0.4, -0.2) is 38.8 Å². The fraction of sp³-hybridized carbons (Fsp3) is 0.333. The second-order valence-corrected chi connectivity index (χ2v) is 6.10. The van der Waals surface area contributed by atoms with E-state index >= 15 is 0 Å². The molecule has 138 valence electrons. The van der Waals surface area contributed by atoms with Gasteiger partial charge in [0.05, 0.1) is 37.8 Å². The van der Waals surface area contributed by atoms with E-state index in [0.29, 0.717) is 31.1 Å². The van der Waals surface area contributed by atoms with Crippen molar-refractivity contribution >= 4 is 11.7 Å². The van der Waals surface area contributed by atoms with Crippen molar-refractivity contribution in [2.75, 3.05) is 37.7 Å². The van der Waals surface area contributed by atoms with Crippen molar-refractivity contribution in [3.63, 3.8) is 0 Å². The maximum atomic E-state index is 13.9. The summed E-state index contributed by atoms with van der Waals surface area (Å²) in [6.45, 7) is 2.77. The fourth-order valence-electron chi connectivity index (χ4n) is 2.97. The van der Waals surface area contributed by atoms with Crippen LogP contribution in [0.15, 0.2) is 45.8 Å². The third-order valence-corrected chi connectivity index (χ3v) is 4.29. The first-order valence-corrected chi connectivity index (χ1v) is 8.30. The van der Waals surface area contributed by atoms with Gasteiger partial charge in [0, 0.05) is 6.07 Å². The highest BCUT2D eigenvalue weighted by molar-refractivity contribution is 5.65. The molecule has 1 N–H and O–H groups in total. The molecule has 3 rings (SSSR count). The molecule has 8 heteroatoms. The average molecular weight is 362 g/mol. The highest BCUT2D eigenvalue weighted by atomic mass is 19.1. The number of hydrogen-bond acceptors (Lipinski definition) is 6. The van der Waals surface area contributed by atoms with Crippen molar-refractivity contribution in [2.45, 2.75) is 6.54 Å². The number of hydrogen-bond donors (Lipinski definition) is 1. The van der Waals surface area contributed by atoms with Crippen LogP contribution in [0.2, 0.25) is 0 Å². The van der Waals surface area contributed by atoms with Crippen LogP contribution >= 0.6 is 0 Å². The van der Waals surface area contributed by atoms with Gasteiger partial charge in [-0.3, -0.25) is 4.79 Å². The van der Waals surface area contributed by atoms with Crippen LogP contribution in [0.3, 0.4) is 0 Å². The van der Waals surface area contributed by atoms with Crippen LogP contribution < -0.4 is 25.1 Å². The van der Waals surface area contributed by atoms with E-state index in [1.165, 1.54) is 17.0 Å². The van der Waals surface area contributed by atoms with Crippen LogP contribution in [0, 0.1) is 5.82 Å². The number of nitrogens with zero attached hydrogens (tertiary/aromatic N) is 1. The van der Waals surface area contributed by atoms with Gasteiger partial charge in [0.1, 0.15) is 25.2 Å². The predicted octanol–water partition coefficient (Wildman–Crippen LogP) is -1.19. The van der Waals surface area contributed by atoms with Crippen molar-refractivity contribution in [2.24, 2.45) is 0 Å². The number of rotatable bonds is 6. The topological polar surface area (TPSA) is 87.2 Å². The van der Waals surface area contributed by atoms with Gasteiger partial charge < -0.3 is 28.9 Å². The van der Waals surface area contributed by atoms with Crippen LogP contribution in [0.5, 0.6) is 5.75 Å².